The first-order valence-electron chi connectivity index (χ1n) is 13.3. The number of ether oxygens (including phenoxy) is 3. The third-order valence-corrected chi connectivity index (χ3v) is 7.00. The minimum atomic E-state index is -1.54. The van der Waals surface area contributed by atoms with E-state index in [1.54, 1.807) is 50.2 Å². The van der Waals surface area contributed by atoms with Gasteiger partial charge in [-0.1, -0.05) is 0 Å². The molecule has 0 bridgehead atoms. The summed E-state index contributed by atoms with van der Waals surface area (Å²) in [5.41, 5.74) is -0.157. The molecule has 0 saturated carbocycles. The molecule has 41 heavy (non-hydrogen) atoms. The molecular weight excluding hydrogens is 531 g/mol. The van der Waals surface area contributed by atoms with Gasteiger partial charge in [-0.25, -0.2) is 9.37 Å². The zero-order chi connectivity index (χ0) is 29.9. The van der Waals surface area contributed by atoms with Crippen LogP contribution in [0.5, 0.6) is 17.2 Å². The molecule has 218 valence electrons. The van der Waals surface area contributed by atoms with Crippen LogP contribution in [0.15, 0.2) is 48.5 Å². The number of benzene rings is 2. The quantitative estimate of drug-likeness (QED) is 0.294. The third kappa shape index (κ3) is 6.66. The number of amides is 1. The second-order valence-electron chi connectivity index (χ2n) is 10.8. The molecule has 1 amide bonds. The molecule has 0 fully saturated rings. The van der Waals surface area contributed by atoms with E-state index in [0.29, 0.717) is 39.6 Å². The van der Waals surface area contributed by atoms with Crippen LogP contribution in [0.1, 0.15) is 62.2 Å². The van der Waals surface area contributed by atoms with E-state index in [-0.39, 0.29) is 43.4 Å². The van der Waals surface area contributed by atoms with Crippen LogP contribution < -0.4 is 19.5 Å². The summed E-state index contributed by atoms with van der Waals surface area (Å²) >= 11 is 0. The summed E-state index contributed by atoms with van der Waals surface area (Å²) in [6.07, 6.45) is -0.628. The normalized spacial score (nSPS) is 18.0. The van der Waals surface area contributed by atoms with Crippen LogP contribution in [0, 0.1) is 5.82 Å². The highest BCUT2D eigenvalue weighted by Crippen LogP contribution is 2.45. The number of aromatic nitrogens is 1. The van der Waals surface area contributed by atoms with Crippen molar-refractivity contribution >= 4 is 11.7 Å². The van der Waals surface area contributed by atoms with Gasteiger partial charge >= 0.3 is 0 Å². The minimum Gasteiger partial charge on any atom is -0.493 e. The van der Waals surface area contributed by atoms with Crippen molar-refractivity contribution in [3.05, 3.63) is 71.2 Å². The van der Waals surface area contributed by atoms with Gasteiger partial charge in [0, 0.05) is 30.0 Å². The fourth-order valence-electron chi connectivity index (χ4n) is 4.75. The van der Waals surface area contributed by atoms with Crippen LogP contribution in [0.25, 0.3) is 11.3 Å². The smallest absolute Gasteiger partial charge is 0.217 e. The first-order chi connectivity index (χ1) is 19.3. The van der Waals surface area contributed by atoms with Crippen molar-refractivity contribution in [1.29, 1.82) is 0 Å². The van der Waals surface area contributed by atoms with E-state index >= 15 is 0 Å². The third-order valence-electron chi connectivity index (χ3n) is 7.00. The summed E-state index contributed by atoms with van der Waals surface area (Å²) in [4.78, 5) is 29.8. The average molecular weight is 567 g/mol. The first kappa shape index (κ1) is 30.0. The molecular formula is C31H35FN2O7. The number of ketones is 1. The number of rotatable bonds is 11. The summed E-state index contributed by atoms with van der Waals surface area (Å²) in [5.74, 6) is 0.309. The molecule has 2 aromatic carbocycles. The predicted molar refractivity (Wildman–Crippen MR) is 150 cm³/mol. The molecule has 10 heteroatoms. The average Bonchev–Trinajstić information content (AvgIpc) is 3.25. The van der Waals surface area contributed by atoms with Crippen LogP contribution in [-0.4, -0.2) is 53.3 Å². The minimum absolute atomic E-state index is 0.00581. The van der Waals surface area contributed by atoms with E-state index in [9.17, 15) is 24.2 Å². The maximum Gasteiger partial charge on any atom is 0.217 e. The lowest BCUT2D eigenvalue weighted by Crippen LogP contribution is -2.43. The summed E-state index contributed by atoms with van der Waals surface area (Å²) < 4.78 is 30.5. The maximum absolute atomic E-state index is 13.7. The number of nitrogens with one attached hydrogen (secondary N) is 1. The van der Waals surface area contributed by atoms with Crippen LogP contribution in [-0.2, 0) is 15.9 Å². The Balaban J connectivity index is 1.63. The Morgan fingerprint density at radius 1 is 1.20 bits per heavy atom. The Hall–Kier alpha value is -4.02. The van der Waals surface area contributed by atoms with Gasteiger partial charge in [-0.3, -0.25) is 9.59 Å². The number of methoxy groups -OCH3 is 1. The maximum atomic E-state index is 13.7. The molecule has 1 aliphatic heterocycles. The van der Waals surface area contributed by atoms with E-state index in [0.717, 1.165) is 0 Å². The molecule has 9 nitrogen and oxygen atoms in total. The Morgan fingerprint density at radius 2 is 1.90 bits per heavy atom. The fraction of sp³-hybridized carbons (Fsp3) is 0.387. The number of pyridine rings is 1. The highest BCUT2D eigenvalue weighted by molar-refractivity contribution is 5.96. The fourth-order valence-corrected chi connectivity index (χ4v) is 4.75. The summed E-state index contributed by atoms with van der Waals surface area (Å²) in [5, 5.41) is 24.0. The van der Waals surface area contributed by atoms with E-state index in [1.165, 1.54) is 26.2 Å². The number of nitrogens with zero attached hydrogens (tertiary/aromatic N) is 1. The number of Topliss-reactive ketones (excluding diaryl/α,β-unsaturated/α-hetero) is 1. The van der Waals surface area contributed by atoms with E-state index in [1.807, 2.05) is 6.92 Å². The number of carbonyl (C=O) groups is 2. The number of hydrogen-bond acceptors (Lipinski definition) is 8. The Morgan fingerprint density at radius 3 is 2.54 bits per heavy atom. The number of halogens is 1. The Kier molecular flexibility index (Phi) is 8.65. The Labute approximate surface area is 238 Å². The molecule has 3 atom stereocenters. The number of aliphatic hydroxyl groups excluding tert-OH is 1. The van der Waals surface area contributed by atoms with Crippen molar-refractivity contribution in [2.45, 2.75) is 57.8 Å². The summed E-state index contributed by atoms with van der Waals surface area (Å²) in [6, 6.07) is 12.2. The van der Waals surface area contributed by atoms with Gasteiger partial charge in [0.05, 0.1) is 18.9 Å². The van der Waals surface area contributed by atoms with Crippen molar-refractivity contribution in [3.63, 3.8) is 0 Å². The highest BCUT2D eigenvalue weighted by atomic mass is 19.1. The van der Waals surface area contributed by atoms with Crippen molar-refractivity contribution in [3.8, 4) is 28.5 Å². The van der Waals surface area contributed by atoms with Crippen LogP contribution in [0.2, 0.25) is 0 Å². The Bertz CT molecular complexity index is 1440. The molecule has 0 saturated heterocycles. The second-order valence-corrected chi connectivity index (χ2v) is 10.8. The molecule has 1 aliphatic rings. The second kappa shape index (κ2) is 11.8. The van der Waals surface area contributed by atoms with E-state index < -0.39 is 23.1 Å². The van der Waals surface area contributed by atoms with Gasteiger partial charge in [0.25, 0.3) is 0 Å². The van der Waals surface area contributed by atoms with Gasteiger partial charge < -0.3 is 29.7 Å². The molecule has 4 rings (SSSR count). The largest absolute Gasteiger partial charge is 0.493 e. The molecule has 0 unspecified atom stereocenters. The van der Waals surface area contributed by atoms with Gasteiger partial charge in [-0.05, 0) is 75.7 Å². The lowest BCUT2D eigenvalue weighted by Gasteiger charge is -2.27. The number of fused-ring (bicyclic) bond motifs is 1. The SMILES string of the molecule is COc1cc(C(=O)CC[C@@](C)(O)c2cc3c(c(-c4ccc(F)cc4)n2)OC[C@@]3(C)NC(C)=O)ccc1OC[C@@H](C)O. The van der Waals surface area contributed by atoms with Crippen LogP contribution >= 0.6 is 0 Å². The first-order valence-corrected chi connectivity index (χ1v) is 13.3. The lowest BCUT2D eigenvalue weighted by molar-refractivity contribution is -0.120. The predicted octanol–water partition coefficient (Wildman–Crippen LogP) is 4.27. The summed E-state index contributed by atoms with van der Waals surface area (Å²) in [7, 11) is 1.46. The topological polar surface area (TPSA) is 127 Å². The van der Waals surface area contributed by atoms with Gasteiger partial charge in [-0.15, -0.1) is 0 Å². The molecule has 3 N–H and O–H groups in total. The molecule has 1 aromatic heterocycles. The molecule has 0 aliphatic carbocycles. The standard InChI is InChI=1S/C31H35FN2O7/c1-18(35)16-40-25-11-8-21(14-26(25)39-5)24(37)12-13-31(4,38)27-15-23-29(41-17-30(23,3)34-19(2)36)28(33-27)20-6-9-22(32)10-7-20/h6-11,14-15,18,35,38H,12-13,16-17H2,1-5H3,(H,34,36)/t18-,30-,31-/m1/s1. The van der Waals surface area contributed by atoms with Gasteiger partial charge in [0.2, 0.25) is 5.91 Å². The number of hydrogen-bond donors (Lipinski definition) is 3. The summed E-state index contributed by atoms with van der Waals surface area (Å²) in [6.45, 7) is 6.63. The zero-order valence-corrected chi connectivity index (χ0v) is 23.8. The molecule has 0 radical (unpaired) electrons. The van der Waals surface area contributed by atoms with Crippen LogP contribution in [0.4, 0.5) is 4.39 Å². The zero-order valence-electron chi connectivity index (χ0n) is 23.8. The molecule has 3 aromatic rings. The molecule has 0 spiro atoms. The van der Waals surface area contributed by atoms with E-state index in [2.05, 4.69) is 5.32 Å². The lowest BCUT2D eigenvalue weighted by atomic mass is 9.87. The van der Waals surface area contributed by atoms with Gasteiger partial charge in [0.1, 0.15) is 35.9 Å². The van der Waals surface area contributed by atoms with E-state index in [4.69, 9.17) is 19.2 Å². The highest BCUT2D eigenvalue weighted by Gasteiger charge is 2.41. The monoisotopic (exact) mass is 566 g/mol. The van der Waals surface area contributed by atoms with Crippen molar-refractivity contribution in [2.75, 3.05) is 20.3 Å². The number of aliphatic hydroxyl groups is 2. The van der Waals surface area contributed by atoms with Crippen LogP contribution in [0.3, 0.4) is 0 Å². The van der Waals surface area contributed by atoms with Gasteiger partial charge in [0.15, 0.2) is 23.0 Å². The van der Waals surface area contributed by atoms with Crippen molar-refractivity contribution in [2.24, 2.45) is 0 Å². The van der Waals surface area contributed by atoms with Crippen molar-refractivity contribution < 1.29 is 38.4 Å². The molecule has 2 heterocycles. The van der Waals surface area contributed by atoms with Crippen molar-refractivity contribution in [1.82, 2.24) is 10.3 Å². The number of carbonyl (C=O) groups excluding carboxylic acids is 2. The van der Waals surface area contributed by atoms with Gasteiger partial charge in [-0.2, -0.15) is 0 Å².